The Bertz CT molecular complexity index is 576. The minimum Gasteiger partial charge on any atom is -0.481 e. The van der Waals surface area contributed by atoms with Crippen molar-refractivity contribution in [3.63, 3.8) is 0 Å². The molecule has 0 fully saturated rings. The summed E-state index contributed by atoms with van der Waals surface area (Å²) in [5.41, 5.74) is 0. The molecule has 0 aliphatic rings. The smallest absolute Gasteiger partial charge is 0.307 e. The Morgan fingerprint density at radius 3 is 2.63 bits per heavy atom. The number of sulfonamides is 1. The first kappa shape index (κ1) is 16.4. The molecule has 1 rings (SSSR count). The molecule has 2 N–H and O–H groups in total. The van der Waals surface area contributed by atoms with E-state index >= 15 is 0 Å². The van der Waals surface area contributed by atoms with Crippen LogP contribution in [0.25, 0.3) is 0 Å². The maximum Gasteiger partial charge on any atom is 0.307 e. The SMILES string of the molecule is CCC(CNS(=O)(=O)c1ccc(Cl)c(Br)c1)C(=O)O. The summed E-state index contributed by atoms with van der Waals surface area (Å²) >= 11 is 8.92. The van der Waals surface area contributed by atoms with Gasteiger partial charge in [0.2, 0.25) is 10.0 Å². The summed E-state index contributed by atoms with van der Waals surface area (Å²) in [7, 11) is -3.74. The number of hydrogen-bond donors (Lipinski definition) is 2. The highest BCUT2D eigenvalue weighted by atomic mass is 79.9. The van der Waals surface area contributed by atoms with Crippen molar-refractivity contribution in [3.05, 3.63) is 27.7 Å². The van der Waals surface area contributed by atoms with Crippen LogP contribution >= 0.6 is 27.5 Å². The fourth-order valence-corrected chi connectivity index (χ4v) is 3.10. The normalized spacial score (nSPS) is 13.2. The van der Waals surface area contributed by atoms with Gasteiger partial charge in [-0.15, -0.1) is 0 Å². The maximum absolute atomic E-state index is 12.0. The molecular formula is C11H13BrClNO4S. The topological polar surface area (TPSA) is 83.5 Å². The molecule has 0 bridgehead atoms. The quantitative estimate of drug-likeness (QED) is 0.806. The Morgan fingerprint density at radius 1 is 1.53 bits per heavy atom. The van der Waals surface area contributed by atoms with Crippen LogP contribution in [0.1, 0.15) is 13.3 Å². The van der Waals surface area contributed by atoms with E-state index in [9.17, 15) is 13.2 Å². The van der Waals surface area contributed by atoms with Crippen molar-refractivity contribution in [3.8, 4) is 0 Å². The van der Waals surface area contributed by atoms with Crippen LogP contribution in [0.3, 0.4) is 0 Å². The highest BCUT2D eigenvalue weighted by molar-refractivity contribution is 9.10. The van der Waals surface area contributed by atoms with Gasteiger partial charge in [-0.3, -0.25) is 4.79 Å². The van der Waals surface area contributed by atoms with Crippen LogP contribution in [-0.4, -0.2) is 26.0 Å². The first-order chi connectivity index (χ1) is 8.77. The maximum atomic E-state index is 12.0. The van der Waals surface area contributed by atoms with Gasteiger partial charge in [-0.25, -0.2) is 13.1 Å². The molecule has 0 aliphatic carbocycles. The molecule has 0 amide bonds. The predicted octanol–water partition coefficient (Wildman–Crippen LogP) is 2.49. The van der Waals surface area contributed by atoms with E-state index in [0.29, 0.717) is 15.9 Å². The van der Waals surface area contributed by atoms with E-state index < -0.39 is 21.9 Å². The van der Waals surface area contributed by atoms with Crippen molar-refractivity contribution in [1.82, 2.24) is 4.72 Å². The van der Waals surface area contributed by atoms with E-state index in [1.807, 2.05) is 0 Å². The van der Waals surface area contributed by atoms with Gasteiger partial charge in [-0.05, 0) is 40.5 Å². The van der Waals surface area contributed by atoms with Gasteiger partial charge >= 0.3 is 5.97 Å². The fraction of sp³-hybridized carbons (Fsp3) is 0.364. The number of rotatable bonds is 6. The first-order valence-electron chi connectivity index (χ1n) is 5.45. The molecule has 5 nitrogen and oxygen atoms in total. The lowest BCUT2D eigenvalue weighted by atomic mass is 10.1. The molecule has 0 heterocycles. The van der Waals surface area contributed by atoms with Crippen molar-refractivity contribution >= 4 is 43.5 Å². The third kappa shape index (κ3) is 4.45. The van der Waals surface area contributed by atoms with Crippen molar-refractivity contribution in [2.75, 3.05) is 6.54 Å². The van der Waals surface area contributed by atoms with Gasteiger partial charge in [0.15, 0.2) is 0 Å². The van der Waals surface area contributed by atoms with E-state index in [1.54, 1.807) is 6.92 Å². The third-order valence-corrected chi connectivity index (χ3v) is 5.20. The molecule has 1 aromatic carbocycles. The highest BCUT2D eigenvalue weighted by Gasteiger charge is 2.20. The Kier molecular flexibility index (Phi) is 5.79. The van der Waals surface area contributed by atoms with Gasteiger partial charge in [0.1, 0.15) is 0 Å². The molecule has 1 atom stereocenters. The van der Waals surface area contributed by atoms with Gasteiger partial charge in [-0.2, -0.15) is 0 Å². The minimum absolute atomic E-state index is 0.0315. The van der Waals surface area contributed by atoms with Crippen LogP contribution in [0.4, 0.5) is 0 Å². The zero-order valence-electron chi connectivity index (χ0n) is 10.1. The number of carboxylic acid groups (broad SMARTS) is 1. The molecule has 19 heavy (non-hydrogen) atoms. The lowest BCUT2D eigenvalue weighted by molar-refractivity contribution is -0.141. The first-order valence-corrected chi connectivity index (χ1v) is 8.11. The Hall–Kier alpha value is -0.630. The van der Waals surface area contributed by atoms with E-state index in [1.165, 1.54) is 18.2 Å². The molecule has 1 unspecified atom stereocenters. The summed E-state index contributed by atoms with van der Waals surface area (Å²) in [5.74, 6) is -1.77. The van der Waals surface area contributed by atoms with Crippen LogP contribution < -0.4 is 4.72 Å². The number of benzene rings is 1. The van der Waals surface area contributed by atoms with Crippen LogP contribution in [0, 0.1) is 5.92 Å². The Balaban J connectivity index is 2.86. The zero-order chi connectivity index (χ0) is 14.6. The predicted molar refractivity (Wildman–Crippen MR) is 75.8 cm³/mol. The second kappa shape index (κ2) is 6.69. The van der Waals surface area contributed by atoms with E-state index in [2.05, 4.69) is 20.7 Å². The van der Waals surface area contributed by atoms with Crippen molar-refractivity contribution in [2.45, 2.75) is 18.2 Å². The summed E-state index contributed by atoms with van der Waals surface area (Å²) in [5, 5.41) is 9.26. The second-order valence-corrected chi connectivity index (χ2v) is 6.90. The van der Waals surface area contributed by atoms with Crippen LogP contribution in [0.2, 0.25) is 5.02 Å². The molecular weight excluding hydrogens is 358 g/mol. The average molecular weight is 371 g/mol. The van der Waals surface area contributed by atoms with Crippen LogP contribution in [0.15, 0.2) is 27.6 Å². The van der Waals surface area contributed by atoms with Gasteiger partial charge in [-0.1, -0.05) is 18.5 Å². The number of carbonyl (C=O) groups is 1. The number of carboxylic acids is 1. The Labute approximate surface area is 125 Å². The van der Waals surface area contributed by atoms with Crippen molar-refractivity contribution in [1.29, 1.82) is 0 Å². The minimum atomic E-state index is -3.74. The number of aliphatic carboxylic acids is 1. The number of halogens is 2. The summed E-state index contributed by atoms with van der Waals surface area (Å²) < 4.78 is 26.7. The lowest BCUT2D eigenvalue weighted by Crippen LogP contribution is -2.32. The molecule has 1 aromatic rings. The fourth-order valence-electron chi connectivity index (χ4n) is 1.34. The van der Waals surface area contributed by atoms with Gasteiger partial charge in [0, 0.05) is 11.0 Å². The summed E-state index contributed by atoms with van der Waals surface area (Å²) in [6, 6.07) is 4.18. The molecule has 106 valence electrons. The van der Waals surface area contributed by atoms with Crippen LogP contribution in [-0.2, 0) is 14.8 Å². The Morgan fingerprint density at radius 2 is 2.16 bits per heavy atom. The van der Waals surface area contributed by atoms with Crippen molar-refractivity contribution in [2.24, 2.45) is 5.92 Å². The molecule has 0 spiro atoms. The van der Waals surface area contributed by atoms with Crippen LogP contribution in [0.5, 0.6) is 0 Å². The molecule has 0 aliphatic heterocycles. The molecule has 0 saturated carbocycles. The third-order valence-electron chi connectivity index (χ3n) is 2.56. The molecule has 0 aromatic heterocycles. The zero-order valence-corrected chi connectivity index (χ0v) is 13.2. The standard InChI is InChI=1S/C11H13BrClNO4S/c1-2-7(11(15)16)6-14-19(17,18)8-3-4-10(13)9(12)5-8/h3-5,7,14H,2,6H2,1H3,(H,15,16). The number of hydrogen-bond acceptors (Lipinski definition) is 3. The molecule has 0 radical (unpaired) electrons. The summed E-state index contributed by atoms with van der Waals surface area (Å²) in [6.45, 7) is 1.54. The van der Waals surface area contributed by atoms with E-state index in [4.69, 9.17) is 16.7 Å². The van der Waals surface area contributed by atoms with Crippen molar-refractivity contribution < 1.29 is 18.3 Å². The van der Waals surface area contributed by atoms with Gasteiger partial charge in [0.25, 0.3) is 0 Å². The number of nitrogens with one attached hydrogen (secondary N) is 1. The van der Waals surface area contributed by atoms with Gasteiger partial charge in [0.05, 0.1) is 15.8 Å². The second-order valence-electron chi connectivity index (χ2n) is 3.87. The summed E-state index contributed by atoms with van der Waals surface area (Å²) in [6.07, 6.45) is 0.349. The largest absolute Gasteiger partial charge is 0.481 e. The molecule has 0 saturated heterocycles. The monoisotopic (exact) mass is 369 g/mol. The van der Waals surface area contributed by atoms with E-state index in [-0.39, 0.29) is 11.4 Å². The summed E-state index contributed by atoms with van der Waals surface area (Å²) in [4.78, 5) is 10.9. The highest BCUT2D eigenvalue weighted by Crippen LogP contribution is 2.25. The average Bonchev–Trinajstić information content (AvgIpc) is 2.32. The van der Waals surface area contributed by atoms with E-state index in [0.717, 1.165) is 0 Å². The lowest BCUT2D eigenvalue weighted by Gasteiger charge is -2.12. The van der Waals surface area contributed by atoms with Gasteiger partial charge < -0.3 is 5.11 Å². The molecule has 8 heteroatoms.